The lowest BCUT2D eigenvalue weighted by Crippen LogP contribution is -2.49. The highest BCUT2D eigenvalue weighted by Crippen LogP contribution is 2.32. The minimum absolute atomic E-state index is 0.0450. The molecule has 40 heavy (non-hydrogen) atoms. The SMILES string of the molecule is O=C(Nc1cccn(N2CCC(F)(F)CC2)c1=O)c1ccc(NS(=O)(=O)CCO)cc1N1CCC(C(F)F)CC1. The van der Waals surface area contributed by atoms with Gasteiger partial charge in [0.1, 0.15) is 5.69 Å². The zero-order chi connectivity index (χ0) is 29.1. The number of amides is 1. The van der Waals surface area contributed by atoms with Gasteiger partial charge in [-0.25, -0.2) is 30.7 Å². The number of rotatable bonds is 9. The van der Waals surface area contributed by atoms with Crippen LogP contribution in [-0.2, 0) is 10.0 Å². The highest BCUT2D eigenvalue weighted by molar-refractivity contribution is 7.92. The summed E-state index contributed by atoms with van der Waals surface area (Å²) in [6.07, 6.45) is -1.54. The van der Waals surface area contributed by atoms with E-state index in [4.69, 9.17) is 5.11 Å². The number of pyridine rings is 1. The van der Waals surface area contributed by atoms with Gasteiger partial charge >= 0.3 is 0 Å². The lowest BCUT2D eigenvalue weighted by atomic mass is 9.96. The standard InChI is InChI=1S/C25H31F4N5O5S/c26-22(27)17-5-10-32(11-6-17)21-16-18(31-40(38,39)15-14-35)3-4-19(21)23(36)30-20-2-1-9-34(24(20)37)33-12-7-25(28,29)8-13-33/h1-4,9,16-17,22,31,35H,5-8,10-15H2,(H,30,36). The second kappa shape index (κ2) is 12.0. The number of carbonyl (C=O) groups excluding carboxylic acids is 1. The van der Waals surface area contributed by atoms with Crippen molar-refractivity contribution in [1.29, 1.82) is 0 Å². The van der Waals surface area contributed by atoms with Gasteiger partial charge in [0.25, 0.3) is 17.4 Å². The van der Waals surface area contributed by atoms with Crippen LogP contribution >= 0.6 is 0 Å². The molecule has 1 aromatic heterocycles. The summed E-state index contributed by atoms with van der Waals surface area (Å²) < 4.78 is 81.4. The second-order valence-electron chi connectivity index (χ2n) is 9.87. The lowest BCUT2D eigenvalue weighted by molar-refractivity contribution is -0.0260. The molecule has 1 aromatic carbocycles. The number of aliphatic hydroxyl groups is 1. The van der Waals surface area contributed by atoms with Crippen LogP contribution in [0.5, 0.6) is 0 Å². The molecule has 0 unspecified atom stereocenters. The molecular formula is C25H31F4N5O5S. The molecule has 10 nitrogen and oxygen atoms in total. The second-order valence-corrected chi connectivity index (χ2v) is 11.7. The Morgan fingerprint density at radius 2 is 1.77 bits per heavy atom. The number of hydrogen-bond acceptors (Lipinski definition) is 7. The van der Waals surface area contributed by atoms with Crippen LogP contribution in [0.1, 0.15) is 36.0 Å². The summed E-state index contributed by atoms with van der Waals surface area (Å²) in [5.41, 5.74) is -0.245. The van der Waals surface area contributed by atoms with Crippen molar-refractivity contribution in [2.24, 2.45) is 5.92 Å². The maximum absolute atomic E-state index is 13.6. The first kappa shape index (κ1) is 29.6. The first-order valence-electron chi connectivity index (χ1n) is 12.8. The minimum atomic E-state index is -3.88. The maximum atomic E-state index is 13.6. The molecule has 2 saturated heterocycles. The molecule has 2 fully saturated rings. The first-order valence-corrected chi connectivity index (χ1v) is 14.5. The van der Waals surface area contributed by atoms with E-state index in [2.05, 4.69) is 10.0 Å². The number of aliphatic hydroxyl groups excluding tert-OH is 1. The van der Waals surface area contributed by atoms with Crippen LogP contribution in [0.15, 0.2) is 41.3 Å². The zero-order valence-electron chi connectivity index (χ0n) is 21.5. The molecule has 2 aliphatic heterocycles. The Balaban J connectivity index is 1.60. The number of sulfonamides is 1. The summed E-state index contributed by atoms with van der Waals surface area (Å²) in [6, 6.07) is 6.98. The van der Waals surface area contributed by atoms with E-state index in [1.807, 2.05) is 0 Å². The van der Waals surface area contributed by atoms with Gasteiger partial charge in [-0.2, -0.15) is 0 Å². The molecular weight excluding hydrogens is 558 g/mol. The highest BCUT2D eigenvalue weighted by Gasteiger charge is 2.34. The van der Waals surface area contributed by atoms with Crippen LogP contribution in [-0.4, -0.2) is 75.0 Å². The van der Waals surface area contributed by atoms with E-state index in [0.29, 0.717) is 0 Å². The summed E-state index contributed by atoms with van der Waals surface area (Å²) >= 11 is 0. The van der Waals surface area contributed by atoms with Crippen molar-refractivity contribution >= 4 is 33.0 Å². The van der Waals surface area contributed by atoms with Crippen molar-refractivity contribution < 1.29 is 35.9 Å². The summed E-state index contributed by atoms with van der Waals surface area (Å²) in [5, 5.41) is 13.0. The summed E-state index contributed by atoms with van der Waals surface area (Å²) in [5.74, 6) is -4.84. The third-order valence-corrected chi connectivity index (χ3v) is 8.33. The Morgan fingerprint density at radius 1 is 1.10 bits per heavy atom. The Hall–Kier alpha value is -3.33. The zero-order valence-corrected chi connectivity index (χ0v) is 22.3. The molecule has 220 valence electrons. The summed E-state index contributed by atoms with van der Waals surface area (Å²) in [7, 11) is -3.88. The Kier molecular flexibility index (Phi) is 8.93. The van der Waals surface area contributed by atoms with Crippen molar-refractivity contribution in [1.82, 2.24) is 4.68 Å². The number of anilines is 3. The van der Waals surface area contributed by atoms with Crippen molar-refractivity contribution in [2.75, 3.05) is 58.5 Å². The van der Waals surface area contributed by atoms with Gasteiger partial charge in [-0.15, -0.1) is 0 Å². The fourth-order valence-corrected chi connectivity index (χ4v) is 5.65. The minimum Gasteiger partial charge on any atom is -0.395 e. The predicted octanol–water partition coefficient (Wildman–Crippen LogP) is 2.68. The molecule has 3 heterocycles. The number of halogens is 4. The molecule has 4 rings (SSSR count). The Bertz CT molecular complexity index is 1370. The third-order valence-electron chi connectivity index (χ3n) is 7.07. The number of nitrogens with zero attached hydrogens (tertiary/aromatic N) is 3. The monoisotopic (exact) mass is 589 g/mol. The number of piperidine rings is 2. The van der Waals surface area contributed by atoms with Gasteiger partial charge in [-0.1, -0.05) is 0 Å². The van der Waals surface area contributed by atoms with E-state index in [1.54, 1.807) is 4.90 Å². The number of alkyl halides is 4. The summed E-state index contributed by atoms with van der Waals surface area (Å²) in [4.78, 5) is 28.2. The van der Waals surface area contributed by atoms with Crippen LogP contribution in [0, 0.1) is 5.92 Å². The van der Waals surface area contributed by atoms with Crippen LogP contribution in [0.25, 0.3) is 0 Å². The molecule has 0 radical (unpaired) electrons. The third kappa shape index (κ3) is 7.05. The van der Waals surface area contributed by atoms with E-state index >= 15 is 0 Å². The van der Waals surface area contributed by atoms with Gasteiger partial charge in [-0.05, 0) is 43.2 Å². The number of nitrogens with one attached hydrogen (secondary N) is 2. The molecule has 0 atom stereocenters. The Morgan fingerprint density at radius 3 is 2.40 bits per heavy atom. The molecule has 0 saturated carbocycles. The quantitative estimate of drug-likeness (QED) is 0.385. The number of hydrogen-bond donors (Lipinski definition) is 3. The topological polar surface area (TPSA) is 124 Å². The van der Waals surface area contributed by atoms with E-state index in [-0.39, 0.29) is 61.6 Å². The lowest BCUT2D eigenvalue weighted by Gasteiger charge is -2.34. The average Bonchev–Trinajstić information content (AvgIpc) is 2.90. The molecule has 3 N–H and O–H groups in total. The van der Waals surface area contributed by atoms with Crippen LogP contribution < -0.4 is 25.5 Å². The van der Waals surface area contributed by atoms with Crippen LogP contribution in [0.4, 0.5) is 34.6 Å². The molecule has 2 aromatic rings. The number of aromatic nitrogens is 1. The van der Waals surface area contributed by atoms with Crippen LogP contribution in [0.3, 0.4) is 0 Å². The Labute approximate surface area is 228 Å². The molecule has 2 aliphatic rings. The molecule has 15 heteroatoms. The number of carbonyl (C=O) groups is 1. The maximum Gasteiger partial charge on any atom is 0.292 e. The number of benzene rings is 1. The van der Waals surface area contributed by atoms with E-state index in [9.17, 15) is 35.6 Å². The molecule has 0 spiro atoms. The predicted molar refractivity (Wildman–Crippen MR) is 143 cm³/mol. The molecule has 0 bridgehead atoms. The highest BCUT2D eigenvalue weighted by atomic mass is 32.2. The van der Waals surface area contributed by atoms with Gasteiger partial charge in [0.15, 0.2) is 0 Å². The van der Waals surface area contributed by atoms with Crippen molar-refractivity contribution in [3.63, 3.8) is 0 Å². The fraction of sp³-hybridized carbons (Fsp3) is 0.520. The van der Waals surface area contributed by atoms with Gasteiger partial charge < -0.3 is 20.3 Å². The van der Waals surface area contributed by atoms with E-state index < -0.39 is 65.0 Å². The van der Waals surface area contributed by atoms with E-state index in [1.165, 1.54) is 46.2 Å². The largest absolute Gasteiger partial charge is 0.395 e. The molecule has 0 aliphatic carbocycles. The van der Waals surface area contributed by atoms with Crippen LogP contribution in [0.2, 0.25) is 0 Å². The van der Waals surface area contributed by atoms with Gasteiger partial charge in [-0.3, -0.25) is 14.3 Å². The normalized spacial score (nSPS) is 18.1. The van der Waals surface area contributed by atoms with Crippen molar-refractivity contribution in [3.8, 4) is 0 Å². The first-order chi connectivity index (χ1) is 18.9. The fourth-order valence-electron chi connectivity index (χ4n) is 4.82. The van der Waals surface area contributed by atoms with E-state index in [0.717, 1.165) is 0 Å². The molecule has 1 amide bonds. The van der Waals surface area contributed by atoms with Crippen molar-refractivity contribution in [3.05, 3.63) is 52.4 Å². The smallest absolute Gasteiger partial charge is 0.292 e. The van der Waals surface area contributed by atoms with Gasteiger partial charge in [0.2, 0.25) is 16.4 Å². The van der Waals surface area contributed by atoms with Gasteiger partial charge in [0, 0.05) is 51.1 Å². The van der Waals surface area contributed by atoms with Crippen molar-refractivity contribution in [2.45, 2.75) is 38.0 Å². The average molecular weight is 590 g/mol. The summed E-state index contributed by atoms with van der Waals surface area (Å²) in [6.45, 7) is -0.300. The van der Waals surface area contributed by atoms with Gasteiger partial charge in [0.05, 0.1) is 29.3 Å².